The zero-order chi connectivity index (χ0) is 14.7. The monoisotopic (exact) mass is 335 g/mol. The van der Waals surface area contributed by atoms with Gasteiger partial charge in [-0.2, -0.15) is 0 Å². The molecule has 2 aromatic heterocycles. The fraction of sp³-hybridized carbons (Fsp3) is 0.231. The molecule has 0 aliphatic carbocycles. The van der Waals surface area contributed by atoms with Gasteiger partial charge in [-0.1, -0.05) is 58.3 Å². The molecule has 3 aromatic rings. The molecular weight excluding hydrogens is 322 g/mol. The topological polar surface area (TPSA) is 56.5 Å². The lowest BCUT2D eigenvalue weighted by Gasteiger charge is -2.03. The Labute approximate surface area is 135 Å². The van der Waals surface area contributed by atoms with Gasteiger partial charge in [0.2, 0.25) is 0 Å². The van der Waals surface area contributed by atoms with Crippen molar-refractivity contribution < 1.29 is 0 Å². The molecule has 1 unspecified atom stereocenters. The number of aromatic nitrogens is 5. The predicted octanol–water partition coefficient (Wildman–Crippen LogP) is 3.69. The zero-order valence-electron chi connectivity index (χ0n) is 11.5. The first-order valence-electron chi connectivity index (χ1n) is 6.28. The van der Waals surface area contributed by atoms with Gasteiger partial charge in [-0.15, -0.1) is 15.3 Å². The van der Waals surface area contributed by atoms with Crippen LogP contribution in [0.25, 0.3) is 5.69 Å². The third kappa shape index (κ3) is 3.45. The molecule has 0 radical (unpaired) electrons. The van der Waals surface area contributed by atoms with Gasteiger partial charge in [0.1, 0.15) is 0 Å². The van der Waals surface area contributed by atoms with Crippen molar-refractivity contribution in [2.24, 2.45) is 0 Å². The molecule has 0 spiro atoms. The highest BCUT2D eigenvalue weighted by atomic mass is 32.2. The smallest absolute Gasteiger partial charge is 0.175 e. The van der Waals surface area contributed by atoms with Crippen LogP contribution >= 0.6 is 34.9 Å². The molecule has 3 rings (SSSR count). The van der Waals surface area contributed by atoms with Crippen LogP contribution in [0.3, 0.4) is 0 Å². The van der Waals surface area contributed by atoms with E-state index in [-0.39, 0.29) is 5.25 Å². The summed E-state index contributed by atoms with van der Waals surface area (Å²) in [5.41, 5.74) is 1.94. The fourth-order valence-electron chi connectivity index (χ4n) is 1.71. The minimum absolute atomic E-state index is 0.185. The van der Waals surface area contributed by atoms with E-state index in [1.807, 2.05) is 42.8 Å². The number of benzene rings is 1. The van der Waals surface area contributed by atoms with Gasteiger partial charge >= 0.3 is 0 Å². The van der Waals surface area contributed by atoms with E-state index >= 15 is 0 Å². The molecule has 0 fully saturated rings. The molecule has 0 N–H and O–H groups in total. The Morgan fingerprint density at radius 1 is 1.10 bits per heavy atom. The maximum atomic E-state index is 4.26. The largest absolute Gasteiger partial charge is 0.220 e. The Morgan fingerprint density at radius 2 is 1.86 bits per heavy atom. The van der Waals surface area contributed by atoms with Crippen LogP contribution in [0, 0.1) is 0 Å². The number of rotatable bonds is 5. The van der Waals surface area contributed by atoms with Gasteiger partial charge < -0.3 is 0 Å². The first kappa shape index (κ1) is 14.6. The number of nitrogens with zero attached hydrogens (tertiary/aromatic N) is 5. The Morgan fingerprint density at radius 3 is 2.57 bits per heavy atom. The highest BCUT2D eigenvalue weighted by Gasteiger charge is 2.15. The second-order valence-electron chi connectivity index (χ2n) is 4.22. The molecule has 1 atom stereocenters. The summed E-state index contributed by atoms with van der Waals surface area (Å²) in [6.45, 7) is 2.10. The first-order valence-corrected chi connectivity index (χ1v) is 9.20. The predicted molar refractivity (Wildman–Crippen MR) is 87.3 cm³/mol. The van der Waals surface area contributed by atoms with Gasteiger partial charge in [0, 0.05) is 0 Å². The van der Waals surface area contributed by atoms with Gasteiger partial charge in [0.15, 0.2) is 8.68 Å². The molecule has 1 aromatic carbocycles. The van der Waals surface area contributed by atoms with Crippen molar-refractivity contribution in [2.45, 2.75) is 20.9 Å². The average Bonchev–Trinajstić information content (AvgIpc) is 3.17. The van der Waals surface area contributed by atoms with Crippen molar-refractivity contribution in [2.75, 3.05) is 6.26 Å². The molecule has 0 amide bonds. The summed E-state index contributed by atoms with van der Waals surface area (Å²) >= 11 is 4.88. The van der Waals surface area contributed by atoms with E-state index < -0.39 is 0 Å². The highest BCUT2D eigenvalue weighted by Crippen LogP contribution is 2.36. The molecule has 21 heavy (non-hydrogen) atoms. The van der Waals surface area contributed by atoms with Crippen molar-refractivity contribution in [3.8, 4) is 5.69 Å². The van der Waals surface area contributed by atoms with E-state index in [9.17, 15) is 0 Å². The van der Waals surface area contributed by atoms with Gasteiger partial charge in [0.25, 0.3) is 0 Å². The number of hydrogen-bond donors (Lipinski definition) is 0. The van der Waals surface area contributed by atoms with Crippen molar-refractivity contribution in [3.05, 3.63) is 42.2 Å². The lowest BCUT2D eigenvalue weighted by Crippen LogP contribution is -1.93. The Bertz CT molecular complexity index is 709. The van der Waals surface area contributed by atoms with Gasteiger partial charge in [-0.25, -0.2) is 4.68 Å². The standard InChI is InChI=1S/C13H13N5S3/c1-9(20-13-16-15-12(19-2)21-13)11-8-18(17-14-11)10-6-4-3-5-7-10/h3-9H,1-2H3. The van der Waals surface area contributed by atoms with Crippen molar-refractivity contribution >= 4 is 34.9 Å². The van der Waals surface area contributed by atoms with Crippen LogP contribution in [0.1, 0.15) is 17.9 Å². The van der Waals surface area contributed by atoms with Crippen LogP contribution in [0.15, 0.2) is 45.2 Å². The van der Waals surface area contributed by atoms with Crippen LogP contribution in [0.4, 0.5) is 0 Å². The molecule has 0 aliphatic heterocycles. The summed E-state index contributed by atoms with van der Waals surface area (Å²) in [4.78, 5) is 0. The highest BCUT2D eigenvalue weighted by molar-refractivity contribution is 8.03. The second-order valence-corrected chi connectivity index (χ2v) is 7.84. The molecule has 0 saturated heterocycles. The summed E-state index contributed by atoms with van der Waals surface area (Å²) < 4.78 is 3.73. The van der Waals surface area contributed by atoms with Crippen LogP contribution < -0.4 is 0 Å². The Hall–Kier alpha value is -1.38. The SMILES string of the molecule is CSc1nnc(SC(C)c2cn(-c3ccccc3)nn2)s1. The van der Waals surface area contributed by atoms with Crippen LogP contribution in [0.5, 0.6) is 0 Å². The van der Waals surface area contributed by atoms with Crippen LogP contribution in [-0.4, -0.2) is 31.4 Å². The molecule has 2 heterocycles. The normalized spacial score (nSPS) is 12.5. The molecule has 0 saturated carbocycles. The summed E-state index contributed by atoms with van der Waals surface area (Å²) in [6.07, 6.45) is 3.97. The van der Waals surface area contributed by atoms with E-state index in [4.69, 9.17) is 0 Å². The minimum atomic E-state index is 0.185. The van der Waals surface area contributed by atoms with Crippen LogP contribution in [-0.2, 0) is 0 Å². The van der Waals surface area contributed by atoms with Crippen molar-refractivity contribution in [3.63, 3.8) is 0 Å². The van der Waals surface area contributed by atoms with Gasteiger partial charge in [0.05, 0.1) is 22.8 Å². The molecule has 5 nitrogen and oxygen atoms in total. The molecule has 8 heteroatoms. The molecular formula is C13H13N5S3. The average molecular weight is 335 g/mol. The Balaban J connectivity index is 1.73. The number of para-hydroxylation sites is 1. The zero-order valence-corrected chi connectivity index (χ0v) is 14.0. The molecule has 0 bridgehead atoms. The van der Waals surface area contributed by atoms with E-state index in [1.165, 1.54) is 0 Å². The maximum absolute atomic E-state index is 4.26. The first-order chi connectivity index (χ1) is 10.3. The summed E-state index contributed by atoms with van der Waals surface area (Å²) in [7, 11) is 0. The summed E-state index contributed by atoms with van der Waals surface area (Å²) in [5, 5.41) is 16.9. The van der Waals surface area contributed by atoms with Gasteiger partial charge in [-0.05, 0) is 25.3 Å². The summed E-state index contributed by atoms with van der Waals surface area (Å²) in [5.74, 6) is 0. The quantitative estimate of drug-likeness (QED) is 0.663. The van der Waals surface area contributed by atoms with E-state index in [1.54, 1.807) is 39.5 Å². The van der Waals surface area contributed by atoms with Gasteiger partial charge in [-0.3, -0.25) is 0 Å². The molecule has 108 valence electrons. The van der Waals surface area contributed by atoms with E-state index in [0.29, 0.717) is 0 Å². The number of thioether (sulfide) groups is 2. The third-order valence-corrected chi connectivity index (χ3v) is 5.90. The lowest BCUT2D eigenvalue weighted by atomic mass is 10.3. The third-order valence-electron chi connectivity index (χ3n) is 2.79. The van der Waals surface area contributed by atoms with Crippen molar-refractivity contribution in [1.29, 1.82) is 0 Å². The maximum Gasteiger partial charge on any atom is 0.175 e. The van der Waals surface area contributed by atoms with E-state index in [2.05, 4.69) is 27.4 Å². The number of hydrogen-bond acceptors (Lipinski definition) is 7. The van der Waals surface area contributed by atoms with Crippen LogP contribution in [0.2, 0.25) is 0 Å². The lowest BCUT2D eigenvalue weighted by molar-refractivity contribution is 0.797. The Kier molecular flexibility index (Phi) is 4.57. The minimum Gasteiger partial charge on any atom is -0.220 e. The summed E-state index contributed by atoms with van der Waals surface area (Å²) in [6, 6.07) is 9.97. The van der Waals surface area contributed by atoms with E-state index in [0.717, 1.165) is 20.1 Å². The molecule has 0 aliphatic rings. The van der Waals surface area contributed by atoms with Crippen molar-refractivity contribution in [1.82, 2.24) is 25.2 Å². The second kappa shape index (κ2) is 6.59. The fourth-order valence-corrected chi connectivity index (χ4v) is 4.35.